The van der Waals surface area contributed by atoms with Crippen molar-refractivity contribution in [3.05, 3.63) is 24.3 Å². The summed E-state index contributed by atoms with van der Waals surface area (Å²) in [6, 6.07) is 0. The zero-order valence-electron chi connectivity index (χ0n) is 4.36. The van der Waals surface area contributed by atoms with E-state index in [4.69, 9.17) is 10.2 Å². The van der Waals surface area contributed by atoms with Crippen LogP contribution in [0.4, 0.5) is 0 Å². The molecule has 1 aliphatic carbocycles. The van der Waals surface area contributed by atoms with Gasteiger partial charge in [-0.1, -0.05) is 24.3 Å². The highest BCUT2D eigenvalue weighted by atomic mass is 16.3. The third-order valence-corrected chi connectivity index (χ3v) is 1.08. The molecule has 1 aliphatic rings. The molecule has 0 bridgehead atoms. The van der Waals surface area contributed by atoms with Crippen LogP contribution in [-0.2, 0) is 0 Å². The number of hydrogen-bond donors (Lipinski definition) is 2. The molecule has 2 nitrogen and oxygen atoms in total. The summed E-state index contributed by atoms with van der Waals surface area (Å²) < 4.78 is 0. The zero-order valence-corrected chi connectivity index (χ0v) is 4.36. The maximum Gasteiger partial charge on any atom is 0.102 e. The van der Waals surface area contributed by atoms with Crippen molar-refractivity contribution in [2.24, 2.45) is 0 Å². The van der Waals surface area contributed by atoms with Crippen molar-refractivity contribution in [3.8, 4) is 0 Å². The van der Waals surface area contributed by atoms with E-state index in [9.17, 15) is 0 Å². The Morgan fingerprint density at radius 1 is 0.875 bits per heavy atom. The number of allylic oxidation sites excluding steroid dienone is 2. The smallest absolute Gasteiger partial charge is 0.102 e. The summed E-state index contributed by atoms with van der Waals surface area (Å²) in [6.07, 6.45) is 5.09. The number of aliphatic hydroxyl groups is 2. The predicted octanol–water partition coefficient (Wildman–Crippen LogP) is -0.166. The van der Waals surface area contributed by atoms with E-state index in [0.717, 1.165) is 0 Å². The molecule has 2 heteroatoms. The molecule has 0 aliphatic heterocycles. The second-order valence-electron chi connectivity index (χ2n) is 1.75. The second-order valence-corrected chi connectivity index (χ2v) is 1.75. The molecular weight excluding hydrogens is 104 g/mol. The summed E-state index contributed by atoms with van der Waals surface area (Å²) in [6.45, 7) is 0. The molecule has 0 amide bonds. The van der Waals surface area contributed by atoms with Crippen molar-refractivity contribution < 1.29 is 10.2 Å². The molecule has 0 radical (unpaired) electrons. The molecule has 0 fully saturated rings. The van der Waals surface area contributed by atoms with E-state index in [1.165, 1.54) is 0 Å². The molecule has 0 aromatic rings. The van der Waals surface area contributed by atoms with E-state index in [2.05, 4.69) is 0 Å². The lowest BCUT2D eigenvalue weighted by Crippen LogP contribution is -2.22. The summed E-state index contributed by atoms with van der Waals surface area (Å²) in [5.41, 5.74) is 0. The highest BCUT2D eigenvalue weighted by Crippen LogP contribution is 2.02. The van der Waals surface area contributed by atoms with Crippen LogP contribution in [-0.4, -0.2) is 22.4 Å². The Morgan fingerprint density at radius 3 is 1.50 bits per heavy atom. The Kier molecular flexibility index (Phi) is 1.46. The summed E-state index contributed by atoms with van der Waals surface area (Å²) in [4.78, 5) is 0. The Morgan fingerprint density at radius 2 is 1.25 bits per heavy atom. The maximum absolute atomic E-state index is 8.79. The molecule has 2 atom stereocenters. The van der Waals surface area contributed by atoms with Crippen LogP contribution in [0.25, 0.3) is 0 Å². The molecule has 44 valence electrons. The number of rotatable bonds is 0. The average Bonchev–Trinajstić information content (AvgIpc) is 1.77. The molecule has 0 saturated heterocycles. The van der Waals surface area contributed by atoms with Gasteiger partial charge in [-0.2, -0.15) is 0 Å². The van der Waals surface area contributed by atoms with Gasteiger partial charge in [0.15, 0.2) is 0 Å². The molecule has 1 rings (SSSR count). The van der Waals surface area contributed by atoms with Crippen molar-refractivity contribution in [1.29, 1.82) is 0 Å². The average molecular weight is 112 g/mol. The van der Waals surface area contributed by atoms with Crippen LogP contribution in [0, 0.1) is 0 Å². The lowest BCUT2D eigenvalue weighted by Gasteiger charge is -2.11. The Labute approximate surface area is 47.8 Å². The normalized spacial score (nSPS) is 35.8. The van der Waals surface area contributed by atoms with E-state index >= 15 is 0 Å². The van der Waals surface area contributed by atoms with Gasteiger partial charge in [0.05, 0.1) is 0 Å². The first kappa shape index (κ1) is 5.54. The minimum Gasteiger partial charge on any atom is -0.386 e. The molecule has 0 saturated carbocycles. The van der Waals surface area contributed by atoms with Crippen molar-refractivity contribution in [2.45, 2.75) is 12.2 Å². The van der Waals surface area contributed by atoms with Gasteiger partial charge < -0.3 is 10.2 Å². The third-order valence-electron chi connectivity index (χ3n) is 1.08. The molecular formula is C6H8O2. The first-order valence-electron chi connectivity index (χ1n) is 2.52. The van der Waals surface area contributed by atoms with Gasteiger partial charge in [0.25, 0.3) is 0 Å². The molecule has 0 unspecified atom stereocenters. The standard InChI is InChI=1S/C6H8O2/c7-5-3-1-2-4-6(5)8/h1-8H/t5-,6+. The summed E-state index contributed by atoms with van der Waals surface area (Å²) in [7, 11) is 0. The lowest BCUT2D eigenvalue weighted by molar-refractivity contribution is 0.0794. The van der Waals surface area contributed by atoms with E-state index in [1.807, 2.05) is 0 Å². The fourth-order valence-corrected chi connectivity index (χ4v) is 0.584. The SMILES string of the molecule is O[C@@H]1C=CC=C[C@@H]1O. The van der Waals surface area contributed by atoms with Crippen LogP contribution in [0.15, 0.2) is 24.3 Å². The lowest BCUT2D eigenvalue weighted by atomic mass is 10.1. The van der Waals surface area contributed by atoms with Gasteiger partial charge >= 0.3 is 0 Å². The molecule has 8 heavy (non-hydrogen) atoms. The first-order valence-corrected chi connectivity index (χ1v) is 2.52. The Hall–Kier alpha value is -0.600. The van der Waals surface area contributed by atoms with E-state index < -0.39 is 12.2 Å². The minimum absolute atomic E-state index is 0.708. The van der Waals surface area contributed by atoms with Crippen LogP contribution in [0.5, 0.6) is 0 Å². The van der Waals surface area contributed by atoms with Gasteiger partial charge in [-0.05, 0) is 0 Å². The number of aliphatic hydroxyl groups excluding tert-OH is 2. The van der Waals surface area contributed by atoms with Gasteiger partial charge in [-0.25, -0.2) is 0 Å². The predicted molar refractivity (Wildman–Crippen MR) is 30.3 cm³/mol. The molecule has 0 aromatic carbocycles. The van der Waals surface area contributed by atoms with Crippen LogP contribution in [0.3, 0.4) is 0 Å². The molecule has 0 spiro atoms. The van der Waals surface area contributed by atoms with E-state index in [1.54, 1.807) is 24.3 Å². The van der Waals surface area contributed by atoms with Gasteiger partial charge in [0.1, 0.15) is 12.2 Å². The summed E-state index contributed by atoms with van der Waals surface area (Å²) >= 11 is 0. The molecule has 0 aromatic heterocycles. The van der Waals surface area contributed by atoms with Crippen molar-refractivity contribution in [3.63, 3.8) is 0 Å². The molecule has 2 N–H and O–H groups in total. The van der Waals surface area contributed by atoms with Crippen LogP contribution < -0.4 is 0 Å². The van der Waals surface area contributed by atoms with Crippen LogP contribution in [0.2, 0.25) is 0 Å². The quantitative estimate of drug-likeness (QED) is 0.457. The minimum atomic E-state index is -0.708. The fraction of sp³-hybridized carbons (Fsp3) is 0.333. The zero-order chi connectivity index (χ0) is 5.98. The fourth-order valence-electron chi connectivity index (χ4n) is 0.584. The molecule has 0 heterocycles. The van der Waals surface area contributed by atoms with Gasteiger partial charge in [-0.3, -0.25) is 0 Å². The monoisotopic (exact) mass is 112 g/mol. The van der Waals surface area contributed by atoms with Crippen molar-refractivity contribution >= 4 is 0 Å². The second kappa shape index (κ2) is 2.11. The van der Waals surface area contributed by atoms with Crippen molar-refractivity contribution in [1.82, 2.24) is 0 Å². The highest BCUT2D eigenvalue weighted by Gasteiger charge is 2.09. The maximum atomic E-state index is 8.79. The first-order chi connectivity index (χ1) is 3.80. The highest BCUT2D eigenvalue weighted by molar-refractivity contribution is 5.15. The Balaban J connectivity index is 2.59. The van der Waals surface area contributed by atoms with Crippen LogP contribution >= 0.6 is 0 Å². The van der Waals surface area contributed by atoms with Crippen molar-refractivity contribution in [2.75, 3.05) is 0 Å². The van der Waals surface area contributed by atoms with E-state index in [0.29, 0.717) is 0 Å². The largest absolute Gasteiger partial charge is 0.386 e. The van der Waals surface area contributed by atoms with Crippen LogP contribution in [0.1, 0.15) is 0 Å². The summed E-state index contributed by atoms with van der Waals surface area (Å²) in [5, 5.41) is 17.6. The third kappa shape index (κ3) is 0.967. The van der Waals surface area contributed by atoms with Gasteiger partial charge in [-0.15, -0.1) is 0 Å². The number of hydrogen-bond acceptors (Lipinski definition) is 2. The van der Waals surface area contributed by atoms with Gasteiger partial charge in [0.2, 0.25) is 0 Å². The van der Waals surface area contributed by atoms with E-state index in [-0.39, 0.29) is 0 Å². The Bertz CT molecular complexity index is 110. The van der Waals surface area contributed by atoms with Gasteiger partial charge in [0, 0.05) is 0 Å². The topological polar surface area (TPSA) is 40.5 Å². The summed E-state index contributed by atoms with van der Waals surface area (Å²) in [5.74, 6) is 0.